The summed E-state index contributed by atoms with van der Waals surface area (Å²) in [7, 11) is 0. The maximum atomic E-state index is 11.5. The Morgan fingerprint density at radius 1 is 0.951 bits per heavy atom. The van der Waals surface area contributed by atoms with Gasteiger partial charge in [0.25, 0.3) is 0 Å². The normalized spacial score (nSPS) is 11.3. The number of carbonyl (C=O) groups is 2. The highest BCUT2D eigenvalue weighted by Crippen LogP contribution is 2.13. The molecule has 0 saturated carbocycles. The van der Waals surface area contributed by atoms with E-state index in [0.717, 1.165) is 24.8 Å². The number of carbonyl (C=O) groups excluding carboxylic acids is 2. The number of rotatable bonds is 8. The summed E-state index contributed by atoms with van der Waals surface area (Å²) in [5.74, 6) is 5.12. The van der Waals surface area contributed by atoms with Crippen molar-refractivity contribution in [1.82, 2.24) is 9.97 Å². The van der Waals surface area contributed by atoms with E-state index in [1.807, 2.05) is 33.0 Å². The summed E-state index contributed by atoms with van der Waals surface area (Å²) in [5.41, 5.74) is 7.04. The van der Waals surface area contributed by atoms with E-state index in [9.17, 15) is 18.4 Å². The van der Waals surface area contributed by atoms with E-state index in [-0.39, 0.29) is 29.9 Å². The van der Waals surface area contributed by atoms with Gasteiger partial charge in [-0.1, -0.05) is 11.8 Å². The average molecular weight is 591 g/mol. The molecule has 1 unspecified atom stereocenters. The van der Waals surface area contributed by atoms with E-state index in [2.05, 4.69) is 21.8 Å². The Labute approximate surface area is 246 Å². The van der Waals surface area contributed by atoms with Gasteiger partial charge >= 0.3 is 11.9 Å². The van der Waals surface area contributed by atoms with Gasteiger partial charge in [-0.15, -0.1) is 0 Å². The number of aryl methyl sites for hydroxylation is 1. The number of hydrogen-bond donors (Lipinski definition) is 2. The molecule has 0 aliphatic rings. The van der Waals surface area contributed by atoms with Gasteiger partial charge in [0.2, 0.25) is 0 Å². The Hall–Kier alpha value is -3.33. The SMILES string of the molecule is CC(C)(C)OC(=O)CCC#Cc1cncc(S(=O)[O-])c1.CC(C)(C)OC(=O)CCCCc1cncc(N)c1.CCO. The van der Waals surface area contributed by atoms with Crippen LogP contribution in [0, 0.1) is 11.8 Å². The molecule has 0 radical (unpaired) electrons. The maximum Gasteiger partial charge on any atom is 0.307 e. The number of aliphatic hydroxyl groups excluding tert-OH is 1. The number of pyridine rings is 2. The van der Waals surface area contributed by atoms with Gasteiger partial charge in [-0.25, -0.2) is 0 Å². The molecule has 0 spiro atoms. The Morgan fingerprint density at radius 2 is 1.51 bits per heavy atom. The van der Waals surface area contributed by atoms with E-state index >= 15 is 0 Å². The van der Waals surface area contributed by atoms with Crippen LogP contribution < -0.4 is 5.73 Å². The van der Waals surface area contributed by atoms with Crippen LogP contribution in [0.3, 0.4) is 0 Å². The molecule has 0 bridgehead atoms. The number of nitrogen functional groups attached to an aromatic ring is 1. The van der Waals surface area contributed by atoms with Crippen molar-refractivity contribution < 1.29 is 32.9 Å². The van der Waals surface area contributed by atoms with Gasteiger partial charge in [0.05, 0.1) is 12.1 Å². The molecule has 3 N–H and O–H groups in total. The van der Waals surface area contributed by atoms with Crippen LogP contribution in [0.1, 0.15) is 91.7 Å². The molecule has 0 aliphatic heterocycles. The van der Waals surface area contributed by atoms with Gasteiger partial charge in [-0.05, 0) is 96.5 Å². The van der Waals surface area contributed by atoms with Gasteiger partial charge in [0.15, 0.2) is 0 Å². The van der Waals surface area contributed by atoms with Crippen LogP contribution in [0.2, 0.25) is 0 Å². The van der Waals surface area contributed by atoms with Gasteiger partial charge in [-0.3, -0.25) is 23.8 Å². The molecule has 0 fully saturated rings. The lowest BCUT2D eigenvalue weighted by Crippen LogP contribution is -2.23. The lowest BCUT2D eigenvalue weighted by molar-refractivity contribution is -0.155. The summed E-state index contributed by atoms with van der Waals surface area (Å²) in [6, 6.07) is 3.34. The number of hydrogen-bond acceptors (Lipinski definition) is 10. The zero-order valence-electron chi connectivity index (χ0n) is 25.2. The second kappa shape index (κ2) is 19.7. The molecule has 0 aromatic carbocycles. The van der Waals surface area contributed by atoms with Crippen molar-refractivity contribution in [2.45, 2.75) is 103 Å². The van der Waals surface area contributed by atoms with Crippen molar-refractivity contribution in [2.24, 2.45) is 0 Å². The highest BCUT2D eigenvalue weighted by Gasteiger charge is 2.16. The van der Waals surface area contributed by atoms with Crippen molar-refractivity contribution in [2.75, 3.05) is 12.3 Å². The second-order valence-electron chi connectivity index (χ2n) is 10.8. The molecule has 41 heavy (non-hydrogen) atoms. The molecule has 0 amide bonds. The molecule has 2 aromatic rings. The topological polar surface area (TPSA) is 165 Å². The van der Waals surface area contributed by atoms with Gasteiger partial charge in [0, 0.05) is 54.7 Å². The highest BCUT2D eigenvalue weighted by atomic mass is 32.2. The molecule has 2 aromatic heterocycles. The molecule has 228 valence electrons. The molecule has 11 heteroatoms. The molecular formula is C30H44N3O7S-. The Bertz CT molecular complexity index is 1160. The van der Waals surface area contributed by atoms with Crippen molar-refractivity contribution in [3.8, 4) is 11.8 Å². The average Bonchev–Trinajstić information content (AvgIpc) is 2.84. The van der Waals surface area contributed by atoms with Crippen LogP contribution in [-0.4, -0.2) is 53.6 Å². The summed E-state index contributed by atoms with van der Waals surface area (Å²) < 4.78 is 31.9. The van der Waals surface area contributed by atoms with E-state index < -0.39 is 22.3 Å². The van der Waals surface area contributed by atoms with E-state index in [4.69, 9.17) is 20.3 Å². The number of ether oxygens (including phenoxy) is 2. The highest BCUT2D eigenvalue weighted by molar-refractivity contribution is 7.79. The zero-order chi connectivity index (χ0) is 31.5. The van der Waals surface area contributed by atoms with E-state index in [0.29, 0.717) is 24.1 Å². The van der Waals surface area contributed by atoms with Crippen LogP contribution in [-0.2, 0) is 36.6 Å². The number of esters is 2. The Morgan fingerprint density at radius 3 is 2.05 bits per heavy atom. The zero-order valence-corrected chi connectivity index (χ0v) is 26.0. The predicted molar refractivity (Wildman–Crippen MR) is 158 cm³/mol. The van der Waals surface area contributed by atoms with Gasteiger partial charge in [0.1, 0.15) is 11.2 Å². The van der Waals surface area contributed by atoms with Gasteiger partial charge in [-0.2, -0.15) is 0 Å². The molecule has 0 aliphatic carbocycles. The molecule has 0 saturated heterocycles. The van der Waals surface area contributed by atoms with Crippen LogP contribution in [0.15, 0.2) is 41.8 Å². The van der Waals surface area contributed by atoms with Crippen LogP contribution in [0.5, 0.6) is 0 Å². The molecule has 1 atom stereocenters. The summed E-state index contributed by atoms with van der Waals surface area (Å²) in [4.78, 5) is 30.8. The molecular weight excluding hydrogens is 546 g/mol. The number of aliphatic hydroxyl groups is 1. The first kappa shape index (κ1) is 37.7. The maximum absolute atomic E-state index is 11.5. The first-order valence-corrected chi connectivity index (χ1v) is 14.4. The number of anilines is 1. The standard InChI is InChI=1S/C14H22N2O2.C14H17NO4S.C2H6O/c1-14(2,3)18-13(17)7-5-4-6-11-8-12(15)10-16-9-11;1-14(2,3)19-13(16)7-5-4-6-11-8-12(20(17)18)10-15-9-11;1-2-3/h8-10H,4-7,15H2,1-3H3;8-10H,5,7H2,1-3H3,(H,17,18);3H,2H2,1H3/p-1. The summed E-state index contributed by atoms with van der Waals surface area (Å²) in [6.45, 7) is 13.0. The Kier molecular flexibility index (Phi) is 18.1. The number of unbranched alkanes of at least 4 members (excludes halogenated alkanes) is 1. The predicted octanol–water partition coefficient (Wildman–Crippen LogP) is 4.51. The van der Waals surface area contributed by atoms with E-state index in [1.54, 1.807) is 33.9 Å². The van der Waals surface area contributed by atoms with Crippen LogP contribution >= 0.6 is 0 Å². The Balaban J connectivity index is 0.000000715. The first-order chi connectivity index (χ1) is 19.1. The minimum Gasteiger partial charge on any atom is -0.768 e. The van der Waals surface area contributed by atoms with Gasteiger partial charge < -0.3 is 24.9 Å². The number of nitrogens with two attached hydrogens (primary N) is 1. The first-order valence-electron chi connectivity index (χ1n) is 13.3. The smallest absolute Gasteiger partial charge is 0.307 e. The lowest BCUT2D eigenvalue weighted by Gasteiger charge is -2.19. The van der Waals surface area contributed by atoms with Crippen molar-refractivity contribution >= 4 is 28.7 Å². The summed E-state index contributed by atoms with van der Waals surface area (Å²) in [6.07, 6.45) is 9.81. The summed E-state index contributed by atoms with van der Waals surface area (Å²) in [5, 5.41) is 7.57. The van der Waals surface area contributed by atoms with Crippen LogP contribution in [0.4, 0.5) is 5.69 Å². The molecule has 10 nitrogen and oxygen atoms in total. The third-order valence-corrected chi connectivity index (χ3v) is 4.95. The largest absolute Gasteiger partial charge is 0.768 e. The molecule has 2 rings (SSSR count). The fraction of sp³-hybridized carbons (Fsp3) is 0.533. The number of aromatic nitrogens is 2. The molecule has 2 heterocycles. The summed E-state index contributed by atoms with van der Waals surface area (Å²) >= 11 is -2.32. The van der Waals surface area contributed by atoms with Crippen molar-refractivity contribution in [3.63, 3.8) is 0 Å². The lowest BCUT2D eigenvalue weighted by atomic mass is 10.1. The van der Waals surface area contributed by atoms with Crippen LogP contribution in [0.25, 0.3) is 0 Å². The third-order valence-electron chi connectivity index (χ3n) is 4.34. The second-order valence-corrected chi connectivity index (χ2v) is 11.7. The van der Waals surface area contributed by atoms with Crippen molar-refractivity contribution in [3.05, 3.63) is 48.0 Å². The van der Waals surface area contributed by atoms with Crippen molar-refractivity contribution in [1.29, 1.82) is 0 Å². The fourth-order valence-electron chi connectivity index (χ4n) is 2.94. The quantitative estimate of drug-likeness (QED) is 0.193. The minimum atomic E-state index is -2.32. The monoisotopic (exact) mass is 590 g/mol. The fourth-order valence-corrected chi connectivity index (χ4v) is 3.31. The minimum absolute atomic E-state index is 0.0870. The third kappa shape index (κ3) is 22.1. The van der Waals surface area contributed by atoms with E-state index in [1.165, 1.54) is 18.5 Å². The number of nitrogens with zero attached hydrogens (tertiary/aromatic N) is 2.